The Kier molecular flexibility index (Phi) is 6.33. The van der Waals surface area contributed by atoms with E-state index < -0.39 is 5.97 Å². The van der Waals surface area contributed by atoms with Crippen molar-refractivity contribution < 1.29 is 14.6 Å². The molecule has 1 aliphatic carbocycles. The number of phenols is 1. The molecular formula is C24H28O3. The summed E-state index contributed by atoms with van der Waals surface area (Å²) in [5.41, 5.74) is 5.18. The Hall–Kier alpha value is -2.55. The number of carbonyl (C=O) groups is 1. The van der Waals surface area contributed by atoms with Crippen molar-refractivity contribution >= 4 is 12.0 Å². The summed E-state index contributed by atoms with van der Waals surface area (Å²) >= 11 is 0. The van der Waals surface area contributed by atoms with Gasteiger partial charge in [-0.25, -0.2) is 4.79 Å². The third-order valence-electron chi connectivity index (χ3n) is 5.12. The molecule has 2 aromatic rings. The summed E-state index contributed by atoms with van der Waals surface area (Å²) in [5, 5.41) is 11.0. The minimum absolute atomic E-state index is 0.106. The van der Waals surface area contributed by atoms with E-state index in [1.165, 1.54) is 5.56 Å². The summed E-state index contributed by atoms with van der Waals surface area (Å²) in [6.45, 7) is 4.22. The Morgan fingerprint density at radius 2 is 1.81 bits per heavy atom. The molecule has 0 aliphatic heterocycles. The molecule has 1 aliphatic rings. The zero-order valence-corrected chi connectivity index (χ0v) is 16.3. The number of hydrogen-bond acceptors (Lipinski definition) is 3. The summed E-state index contributed by atoms with van der Waals surface area (Å²) in [6, 6.07) is 9.85. The van der Waals surface area contributed by atoms with Crippen LogP contribution in [0.2, 0.25) is 0 Å². The minimum atomic E-state index is -0.452. The fourth-order valence-electron chi connectivity index (χ4n) is 3.88. The van der Waals surface area contributed by atoms with Crippen molar-refractivity contribution in [3.63, 3.8) is 0 Å². The van der Waals surface area contributed by atoms with Crippen LogP contribution in [0.3, 0.4) is 0 Å². The molecule has 3 rings (SSSR count). The van der Waals surface area contributed by atoms with Crippen molar-refractivity contribution in [1.82, 2.24) is 0 Å². The van der Waals surface area contributed by atoms with E-state index in [2.05, 4.69) is 19.1 Å². The molecule has 0 saturated carbocycles. The maximum absolute atomic E-state index is 12.8. The molecule has 1 N–H and O–H groups in total. The number of allylic oxidation sites excluding steroid dienone is 1. The molecule has 0 saturated heterocycles. The van der Waals surface area contributed by atoms with Crippen molar-refractivity contribution in [1.29, 1.82) is 0 Å². The predicted octanol–water partition coefficient (Wildman–Crippen LogP) is 5.93. The summed E-state index contributed by atoms with van der Waals surface area (Å²) in [7, 11) is 0. The Morgan fingerprint density at radius 1 is 1.11 bits per heavy atom. The van der Waals surface area contributed by atoms with Crippen LogP contribution in [0.5, 0.6) is 5.75 Å². The van der Waals surface area contributed by atoms with E-state index in [0.717, 1.165) is 60.8 Å². The van der Waals surface area contributed by atoms with E-state index >= 15 is 0 Å². The van der Waals surface area contributed by atoms with E-state index in [9.17, 15) is 9.90 Å². The molecule has 142 valence electrons. The Bertz CT molecular complexity index is 835. The van der Waals surface area contributed by atoms with E-state index in [4.69, 9.17) is 4.74 Å². The number of carbonyl (C=O) groups excluding carboxylic acids is 1. The maximum atomic E-state index is 12.8. The number of esters is 1. The normalized spacial score (nSPS) is 13.6. The van der Waals surface area contributed by atoms with Crippen LogP contribution in [-0.2, 0) is 17.6 Å². The molecule has 0 bridgehead atoms. The smallest absolute Gasteiger partial charge is 0.342 e. The number of phenolic OH excluding ortho intramolecular Hbond substituents is 1. The molecule has 0 unspecified atom stereocenters. The van der Waals surface area contributed by atoms with Gasteiger partial charge in [-0.1, -0.05) is 55.8 Å². The van der Waals surface area contributed by atoms with Crippen molar-refractivity contribution in [2.75, 3.05) is 6.61 Å². The summed E-state index contributed by atoms with van der Waals surface area (Å²) in [4.78, 5) is 12.8. The number of ether oxygens (including phenoxy) is 1. The quantitative estimate of drug-likeness (QED) is 0.646. The third-order valence-corrected chi connectivity index (χ3v) is 5.12. The lowest BCUT2D eigenvalue weighted by Gasteiger charge is -2.25. The van der Waals surface area contributed by atoms with Gasteiger partial charge in [-0.3, -0.25) is 0 Å². The van der Waals surface area contributed by atoms with Crippen LogP contribution in [0.25, 0.3) is 17.2 Å². The Labute approximate surface area is 161 Å². The lowest BCUT2D eigenvalue weighted by molar-refractivity contribution is 0.0523. The molecule has 27 heavy (non-hydrogen) atoms. The van der Waals surface area contributed by atoms with Crippen LogP contribution in [0, 0.1) is 0 Å². The average molecular weight is 364 g/mol. The Morgan fingerprint density at radius 3 is 2.48 bits per heavy atom. The second-order valence-electron chi connectivity index (χ2n) is 6.95. The molecule has 3 nitrogen and oxygen atoms in total. The van der Waals surface area contributed by atoms with Gasteiger partial charge in [0.05, 0.1) is 6.61 Å². The zero-order chi connectivity index (χ0) is 19.2. The van der Waals surface area contributed by atoms with Crippen LogP contribution in [0.1, 0.15) is 66.6 Å². The first-order valence-corrected chi connectivity index (χ1v) is 9.98. The fraction of sp³-hybridized carbons (Fsp3) is 0.375. The summed E-state index contributed by atoms with van der Waals surface area (Å²) < 4.78 is 5.32. The zero-order valence-electron chi connectivity index (χ0n) is 16.3. The van der Waals surface area contributed by atoms with Gasteiger partial charge in [0, 0.05) is 5.56 Å². The largest absolute Gasteiger partial charge is 0.507 e. The monoisotopic (exact) mass is 364 g/mol. The second-order valence-corrected chi connectivity index (χ2v) is 6.95. The number of hydrogen-bond donors (Lipinski definition) is 1. The first-order chi connectivity index (χ1) is 13.2. The number of benzene rings is 2. The Balaban J connectivity index is 2.34. The van der Waals surface area contributed by atoms with Crippen LogP contribution in [0.4, 0.5) is 0 Å². The van der Waals surface area contributed by atoms with Crippen molar-refractivity contribution in [3.8, 4) is 16.9 Å². The van der Waals surface area contributed by atoms with Gasteiger partial charge in [-0.05, 0) is 61.3 Å². The van der Waals surface area contributed by atoms with Gasteiger partial charge in [0.15, 0.2) is 0 Å². The second kappa shape index (κ2) is 8.90. The van der Waals surface area contributed by atoms with Gasteiger partial charge in [0.2, 0.25) is 0 Å². The van der Waals surface area contributed by atoms with Crippen LogP contribution < -0.4 is 0 Å². The van der Waals surface area contributed by atoms with E-state index in [-0.39, 0.29) is 12.4 Å². The lowest BCUT2D eigenvalue weighted by Crippen LogP contribution is -2.14. The molecule has 0 amide bonds. The van der Waals surface area contributed by atoms with E-state index in [0.29, 0.717) is 5.56 Å². The van der Waals surface area contributed by atoms with Crippen molar-refractivity contribution in [3.05, 3.63) is 58.7 Å². The number of fused-ring (bicyclic) bond motifs is 1. The predicted molar refractivity (Wildman–Crippen MR) is 110 cm³/mol. The van der Waals surface area contributed by atoms with Gasteiger partial charge in [-0.2, -0.15) is 0 Å². The molecule has 2 aromatic carbocycles. The van der Waals surface area contributed by atoms with E-state index in [1.54, 1.807) is 6.92 Å². The lowest BCUT2D eigenvalue weighted by atomic mass is 9.80. The van der Waals surface area contributed by atoms with Gasteiger partial charge in [0.1, 0.15) is 11.3 Å². The third kappa shape index (κ3) is 3.92. The number of aromatic hydroxyl groups is 1. The topological polar surface area (TPSA) is 46.5 Å². The molecule has 0 spiro atoms. The highest BCUT2D eigenvalue weighted by Crippen LogP contribution is 2.43. The highest BCUT2D eigenvalue weighted by Gasteiger charge is 2.29. The molecule has 0 atom stereocenters. The van der Waals surface area contributed by atoms with Gasteiger partial charge >= 0.3 is 5.97 Å². The minimum Gasteiger partial charge on any atom is -0.507 e. The van der Waals surface area contributed by atoms with Crippen molar-refractivity contribution in [2.24, 2.45) is 0 Å². The van der Waals surface area contributed by atoms with Crippen LogP contribution >= 0.6 is 0 Å². The number of rotatable bonds is 6. The first-order valence-electron chi connectivity index (χ1n) is 9.98. The summed E-state index contributed by atoms with van der Waals surface area (Å²) in [6.07, 6.45) is 10.2. The fourth-order valence-corrected chi connectivity index (χ4v) is 3.88. The summed E-state index contributed by atoms with van der Waals surface area (Å²) in [5.74, 6) is -0.345. The average Bonchev–Trinajstić information content (AvgIpc) is 2.70. The van der Waals surface area contributed by atoms with Gasteiger partial charge in [0.25, 0.3) is 0 Å². The molecule has 0 aromatic heterocycles. The van der Waals surface area contributed by atoms with Gasteiger partial charge in [-0.15, -0.1) is 0 Å². The maximum Gasteiger partial charge on any atom is 0.342 e. The standard InChI is InChI=1S/C24H28O3/c1-3-5-7-15-19-18-14-10-11-16-20(18)23(25)22(24(26)27-4-2)21(19)17-12-8-6-9-13-17/h6-9,12-13,15,25H,3-5,10-11,14,16H2,1-2H3/b15-7+. The molecule has 3 heteroatoms. The highest BCUT2D eigenvalue weighted by molar-refractivity contribution is 6.03. The van der Waals surface area contributed by atoms with Crippen LogP contribution in [0.15, 0.2) is 36.4 Å². The number of unbranched alkanes of at least 4 members (excludes halogenated alkanes) is 1. The molecule has 0 fully saturated rings. The van der Waals surface area contributed by atoms with Crippen LogP contribution in [-0.4, -0.2) is 17.7 Å². The SMILES string of the molecule is CCC/C=C/c1c2c(c(O)c(C(=O)OCC)c1-c1ccccc1)CCCC2. The first kappa shape index (κ1) is 19.2. The van der Waals surface area contributed by atoms with E-state index in [1.807, 2.05) is 30.3 Å². The molecular weight excluding hydrogens is 336 g/mol. The van der Waals surface area contributed by atoms with Crippen molar-refractivity contribution in [2.45, 2.75) is 52.4 Å². The van der Waals surface area contributed by atoms with Gasteiger partial charge < -0.3 is 9.84 Å². The molecule has 0 heterocycles. The highest BCUT2D eigenvalue weighted by atomic mass is 16.5. The molecule has 0 radical (unpaired) electrons.